The van der Waals surface area contributed by atoms with Gasteiger partial charge in [-0.2, -0.15) is 0 Å². The number of aryl methyl sites for hydroxylation is 1. The van der Waals surface area contributed by atoms with Gasteiger partial charge in [-0.05, 0) is 55.9 Å². The highest BCUT2D eigenvalue weighted by Crippen LogP contribution is 2.24. The number of aromatic nitrogens is 2. The second-order valence-corrected chi connectivity index (χ2v) is 6.28. The van der Waals surface area contributed by atoms with Gasteiger partial charge in [0.2, 0.25) is 0 Å². The molecule has 128 valence electrons. The second-order valence-electron chi connectivity index (χ2n) is 5.92. The Bertz CT molecular complexity index is 889. The van der Waals surface area contributed by atoms with Gasteiger partial charge in [0.1, 0.15) is 11.4 Å². The van der Waals surface area contributed by atoms with Gasteiger partial charge in [-0.1, -0.05) is 6.07 Å². The van der Waals surface area contributed by atoms with Crippen molar-refractivity contribution in [3.8, 4) is 5.82 Å². The first-order valence-electron chi connectivity index (χ1n) is 7.75. The van der Waals surface area contributed by atoms with Crippen molar-refractivity contribution in [2.75, 3.05) is 14.1 Å². The van der Waals surface area contributed by atoms with E-state index in [0.717, 1.165) is 22.8 Å². The highest BCUT2D eigenvalue weighted by molar-refractivity contribution is 7.80. The van der Waals surface area contributed by atoms with Crippen molar-refractivity contribution in [3.05, 3.63) is 53.0 Å². The van der Waals surface area contributed by atoms with Crippen molar-refractivity contribution in [1.29, 1.82) is 0 Å². The summed E-state index contributed by atoms with van der Waals surface area (Å²) in [6.07, 6.45) is 3.35. The summed E-state index contributed by atoms with van der Waals surface area (Å²) < 4.78 is 1.99. The van der Waals surface area contributed by atoms with Crippen LogP contribution < -0.4 is 0 Å². The van der Waals surface area contributed by atoms with Gasteiger partial charge in [0, 0.05) is 31.7 Å². The third kappa shape index (κ3) is 2.76. The fourth-order valence-electron chi connectivity index (χ4n) is 2.90. The number of nitrogens with zero attached hydrogens (tertiary/aromatic N) is 4. The molecule has 3 rings (SSSR count). The van der Waals surface area contributed by atoms with Gasteiger partial charge in [-0.25, -0.2) is 4.98 Å². The number of carbonyl (C=O) groups is 2. The normalized spacial score (nSPS) is 15.2. The first-order valence-corrected chi connectivity index (χ1v) is 8.16. The van der Waals surface area contributed by atoms with Crippen LogP contribution in [0.1, 0.15) is 17.0 Å². The molecule has 0 spiro atoms. The van der Waals surface area contributed by atoms with Gasteiger partial charge in [-0.15, -0.1) is 0 Å². The van der Waals surface area contributed by atoms with Crippen LogP contribution in [0.3, 0.4) is 0 Å². The highest BCUT2D eigenvalue weighted by atomic mass is 32.1. The van der Waals surface area contributed by atoms with Crippen molar-refractivity contribution in [3.63, 3.8) is 0 Å². The van der Waals surface area contributed by atoms with Crippen LogP contribution in [0.2, 0.25) is 0 Å². The van der Waals surface area contributed by atoms with Gasteiger partial charge < -0.3 is 4.57 Å². The first kappa shape index (κ1) is 17.0. The molecule has 0 saturated carbocycles. The standard InChI is InChI=1S/C18H18N4O2S/c1-11-9-13(12(2)22(11)15-7-5-6-8-19-15)10-14-16(23)20(3)18(25)21(4)17(14)24/h5-10H,1-4H3. The molecule has 2 aromatic heterocycles. The Morgan fingerprint density at radius 1 is 1.08 bits per heavy atom. The number of amides is 2. The Labute approximate surface area is 151 Å². The third-order valence-electron chi connectivity index (χ3n) is 4.29. The van der Waals surface area contributed by atoms with Crippen molar-refractivity contribution in [2.45, 2.75) is 13.8 Å². The fourth-order valence-corrected chi connectivity index (χ4v) is 3.07. The number of pyridine rings is 1. The van der Waals surface area contributed by atoms with Crippen LogP contribution in [-0.2, 0) is 9.59 Å². The van der Waals surface area contributed by atoms with E-state index in [0.29, 0.717) is 0 Å². The predicted octanol–water partition coefficient (Wildman–Crippen LogP) is 2.09. The van der Waals surface area contributed by atoms with Crippen LogP contribution in [0.25, 0.3) is 11.9 Å². The van der Waals surface area contributed by atoms with Crippen LogP contribution >= 0.6 is 12.2 Å². The summed E-state index contributed by atoms with van der Waals surface area (Å²) in [7, 11) is 3.14. The maximum absolute atomic E-state index is 12.5. The Morgan fingerprint density at radius 2 is 1.72 bits per heavy atom. The molecule has 6 nitrogen and oxygen atoms in total. The molecule has 0 aromatic carbocycles. The molecule has 0 N–H and O–H groups in total. The van der Waals surface area contributed by atoms with Crippen LogP contribution in [0, 0.1) is 13.8 Å². The largest absolute Gasteiger partial charge is 0.303 e. The van der Waals surface area contributed by atoms with E-state index in [9.17, 15) is 9.59 Å². The van der Waals surface area contributed by atoms with E-state index in [1.54, 1.807) is 26.4 Å². The molecule has 0 aliphatic carbocycles. The zero-order chi connectivity index (χ0) is 18.3. The van der Waals surface area contributed by atoms with E-state index in [2.05, 4.69) is 4.98 Å². The average Bonchev–Trinajstić information content (AvgIpc) is 2.89. The minimum absolute atomic E-state index is 0.0971. The molecule has 1 fully saturated rings. The molecular formula is C18H18N4O2S. The molecule has 0 radical (unpaired) electrons. The number of hydrogen-bond donors (Lipinski definition) is 0. The SMILES string of the molecule is Cc1cc(C=C2C(=O)N(C)C(=S)N(C)C2=O)c(C)n1-c1ccccn1. The number of hydrogen-bond acceptors (Lipinski definition) is 4. The molecule has 0 bridgehead atoms. The molecule has 0 unspecified atom stereocenters. The van der Waals surface area contributed by atoms with Gasteiger partial charge in [0.15, 0.2) is 5.11 Å². The summed E-state index contributed by atoms with van der Waals surface area (Å²) in [5, 5.41) is 0.200. The summed E-state index contributed by atoms with van der Waals surface area (Å²) in [5.74, 6) is 0.00494. The van der Waals surface area contributed by atoms with Crippen molar-refractivity contribution in [1.82, 2.24) is 19.4 Å². The second kappa shape index (κ2) is 6.25. The quantitative estimate of drug-likeness (QED) is 0.471. The summed E-state index contributed by atoms with van der Waals surface area (Å²) >= 11 is 5.11. The van der Waals surface area contributed by atoms with Crippen molar-refractivity contribution >= 4 is 35.2 Å². The first-order chi connectivity index (χ1) is 11.8. The number of likely N-dealkylation sites (N-methyl/N-ethyl adjacent to an activating group) is 2. The molecule has 0 atom stereocenters. The van der Waals surface area contributed by atoms with E-state index < -0.39 is 11.8 Å². The number of carbonyl (C=O) groups excluding carboxylic acids is 2. The fraction of sp³-hybridized carbons (Fsp3) is 0.222. The van der Waals surface area contributed by atoms with Crippen LogP contribution in [0.4, 0.5) is 0 Å². The molecular weight excluding hydrogens is 336 g/mol. The van der Waals surface area contributed by atoms with Crippen LogP contribution in [0.15, 0.2) is 36.0 Å². The molecule has 25 heavy (non-hydrogen) atoms. The van der Waals surface area contributed by atoms with E-state index >= 15 is 0 Å². The lowest BCUT2D eigenvalue weighted by Crippen LogP contribution is -2.52. The van der Waals surface area contributed by atoms with E-state index in [-0.39, 0.29) is 10.7 Å². The lowest BCUT2D eigenvalue weighted by Gasteiger charge is -2.31. The Balaban J connectivity index is 2.09. The number of thiocarbonyl (C=S) groups is 1. The van der Waals surface area contributed by atoms with Crippen LogP contribution in [-0.4, -0.2) is 50.4 Å². The number of rotatable bonds is 2. The Hall–Kier alpha value is -2.80. The molecule has 1 aliphatic heterocycles. The van der Waals surface area contributed by atoms with Crippen LogP contribution in [0.5, 0.6) is 0 Å². The molecule has 1 saturated heterocycles. The highest BCUT2D eigenvalue weighted by Gasteiger charge is 2.35. The molecule has 2 amide bonds. The molecule has 3 heterocycles. The van der Waals surface area contributed by atoms with Crippen molar-refractivity contribution in [2.24, 2.45) is 0 Å². The lowest BCUT2D eigenvalue weighted by molar-refractivity contribution is -0.132. The monoisotopic (exact) mass is 354 g/mol. The molecule has 1 aliphatic rings. The van der Waals surface area contributed by atoms with E-state index in [4.69, 9.17) is 12.2 Å². The maximum Gasteiger partial charge on any atom is 0.265 e. The Morgan fingerprint density at radius 3 is 2.28 bits per heavy atom. The van der Waals surface area contributed by atoms with E-state index in [1.807, 2.05) is 42.7 Å². The third-order valence-corrected chi connectivity index (χ3v) is 4.84. The maximum atomic E-state index is 12.5. The zero-order valence-corrected chi connectivity index (χ0v) is 15.3. The van der Waals surface area contributed by atoms with E-state index in [1.165, 1.54) is 9.80 Å². The summed E-state index contributed by atoms with van der Waals surface area (Å²) in [4.78, 5) is 31.9. The molecule has 7 heteroatoms. The summed E-state index contributed by atoms with van der Waals surface area (Å²) in [5.41, 5.74) is 2.77. The van der Waals surface area contributed by atoms with Gasteiger partial charge >= 0.3 is 0 Å². The Kier molecular flexibility index (Phi) is 4.26. The topological polar surface area (TPSA) is 58.4 Å². The minimum Gasteiger partial charge on any atom is -0.303 e. The lowest BCUT2D eigenvalue weighted by atomic mass is 10.1. The van der Waals surface area contributed by atoms with Gasteiger partial charge in [0.05, 0.1) is 0 Å². The zero-order valence-electron chi connectivity index (χ0n) is 14.5. The predicted molar refractivity (Wildman–Crippen MR) is 99.2 cm³/mol. The summed E-state index contributed by atoms with van der Waals surface area (Å²) in [6.45, 7) is 3.89. The summed E-state index contributed by atoms with van der Waals surface area (Å²) in [6, 6.07) is 7.62. The van der Waals surface area contributed by atoms with Gasteiger partial charge in [-0.3, -0.25) is 19.4 Å². The van der Waals surface area contributed by atoms with Gasteiger partial charge in [0.25, 0.3) is 11.8 Å². The smallest absolute Gasteiger partial charge is 0.265 e. The van der Waals surface area contributed by atoms with Crippen molar-refractivity contribution < 1.29 is 9.59 Å². The molecule has 2 aromatic rings. The average molecular weight is 354 g/mol. The minimum atomic E-state index is -0.393.